The molecule has 0 aromatic rings. The lowest BCUT2D eigenvalue weighted by molar-refractivity contribution is -0.355. The molecule has 20 nitrogen and oxygen atoms in total. The lowest BCUT2D eigenvalue weighted by atomic mass is 9.42. The summed E-state index contributed by atoms with van der Waals surface area (Å²) >= 11 is 0. The first kappa shape index (κ1) is 51.9. The van der Waals surface area contributed by atoms with Gasteiger partial charge in [0.25, 0.3) is 0 Å². The molecule has 0 aromatic heterocycles. The van der Waals surface area contributed by atoms with E-state index >= 15 is 0 Å². The van der Waals surface area contributed by atoms with E-state index in [1.807, 2.05) is 6.92 Å². The Morgan fingerprint density at radius 2 is 1.33 bits per heavy atom. The Balaban J connectivity index is 0.752. The van der Waals surface area contributed by atoms with Gasteiger partial charge < -0.3 is 88.2 Å². The maximum absolute atomic E-state index is 12.6. The van der Waals surface area contributed by atoms with Crippen molar-refractivity contribution in [1.29, 1.82) is 0 Å². The van der Waals surface area contributed by atoms with Crippen LogP contribution in [0, 0.1) is 34.5 Å². The van der Waals surface area contributed by atoms with Gasteiger partial charge in [0, 0.05) is 37.7 Å². The summed E-state index contributed by atoms with van der Waals surface area (Å²) in [6, 6.07) is 0. The summed E-state index contributed by atoms with van der Waals surface area (Å²) < 4.78 is 60.1. The Kier molecular flexibility index (Phi) is 15.1. The number of esters is 2. The number of hydrogen-bond acceptors (Lipinski definition) is 20. The molecule has 0 radical (unpaired) electrons. The smallest absolute Gasteiger partial charge is 0.331 e. The molecular formula is C49H76O20. The van der Waals surface area contributed by atoms with E-state index in [0.717, 1.165) is 37.7 Å². The minimum atomic E-state index is -1.69. The average Bonchev–Trinajstić information content (AvgIpc) is 3.84. The molecular weight excluding hydrogens is 909 g/mol. The van der Waals surface area contributed by atoms with E-state index in [0.29, 0.717) is 25.2 Å². The minimum Gasteiger partial charge on any atom is -0.459 e. The molecule has 8 fully saturated rings. The topological polar surface area (TPSA) is 288 Å². The van der Waals surface area contributed by atoms with E-state index in [2.05, 4.69) is 6.92 Å². The van der Waals surface area contributed by atoms with E-state index in [9.17, 15) is 50.4 Å². The molecule has 9 aliphatic rings. The highest BCUT2D eigenvalue weighted by molar-refractivity contribution is 5.85. The minimum absolute atomic E-state index is 0.00421. The molecule has 26 atom stereocenters. The average molecular weight is 985 g/mol. The maximum Gasteiger partial charge on any atom is 0.331 e. The van der Waals surface area contributed by atoms with Crippen molar-refractivity contribution in [2.24, 2.45) is 34.5 Å². The highest BCUT2D eigenvalue weighted by atomic mass is 16.8. The third kappa shape index (κ3) is 9.48. The zero-order valence-corrected chi connectivity index (χ0v) is 40.5. The zero-order chi connectivity index (χ0) is 49.5. The number of ether oxygens (including phenoxy) is 10. The molecule has 0 spiro atoms. The Labute approximate surface area is 402 Å². The Bertz CT molecular complexity index is 1850. The van der Waals surface area contributed by atoms with E-state index in [1.165, 1.54) is 6.92 Å². The van der Waals surface area contributed by atoms with Crippen LogP contribution in [0.4, 0.5) is 0 Å². The predicted molar refractivity (Wildman–Crippen MR) is 235 cm³/mol. The summed E-state index contributed by atoms with van der Waals surface area (Å²) in [7, 11) is 0. The molecule has 4 saturated carbocycles. The quantitative estimate of drug-likeness (QED) is 0.104. The Morgan fingerprint density at radius 1 is 0.710 bits per heavy atom. The monoisotopic (exact) mass is 984 g/mol. The molecule has 8 N–H and O–H groups in total. The second-order valence-corrected chi connectivity index (χ2v) is 22.2. The standard InChI is InChI=1S/C49H76O20/c1-21-43(67-38-17-32(53)44(22(2)62-38)68-39-18-33(64-24(4)51)45(23(3)63-39)69-46-42(58)41(57)40(56)34(19-50)66-46)31(52)16-37(61-21)65-27-9-11-47(5)26(14-27)7-8-29-30(47)15-35(54)48(6)28(10-12-49(29,48)59)25-13-36(55)60-20-25/h13,21-23,26-35,37-46,50,52-54,56-59H,7-12,14-20H2,1-6H3/t21-,22-,23-,26-,27+,28-,29-,30+,31+,32+,33-,34-,35-,37-,38+,39+,40-,41+,42-,43-,44-,45-,46+,47+,48+,49+/m1/s1. The maximum atomic E-state index is 12.6. The van der Waals surface area contributed by atoms with E-state index in [1.54, 1.807) is 26.8 Å². The van der Waals surface area contributed by atoms with Crippen LogP contribution in [0.3, 0.4) is 0 Å². The molecule has 20 heteroatoms. The van der Waals surface area contributed by atoms with Gasteiger partial charge in [-0.1, -0.05) is 13.8 Å². The van der Waals surface area contributed by atoms with Crippen LogP contribution in [0.2, 0.25) is 0 Å². The van der Waals surface area contributed by atoms with Gasteiger partial charge in [-0.3, -0.25) is 4.79 Å². The first-order chi connectivity index (χ1) is 32.6. The molecule has 5 aliphatic heterocycles. The van der Waals surface area contributed by atoms with Crippen molar-refractivity contribution in [3.63, 3.8) is 0 Å². The largest absolute Gasteiger partial charge is 0.459 e. The van der Waals surface area contributed by atoms with Gasteiger partial charge in [0.05, 0.1) is 54.9 Å². The zero-order valence-electron chi connectivity index (χ0n) is 40.5. The molecule has 0 bridgehead atoms. The van der Waals surface area contributed by atoms with Crippen molar-refractivity contribution >= 4 is 11.9 Å². The summed E-state index contributed by atoms with van der Waals surface area (Å²) in [6.45, 7) is 10.3. The molecule has 4 aliphatic carbocycles. The van der Waals surface area contributed by atoms with E-state index in [-0.39, 0.29) is 61.1 Å². The van der Waals surface area contributed by atoms with Crippen LogP contribution in [0.1, 0.15) is 112 Å². The van der Waals surface area contributed by atoms with Gasteiger partial charge in [0.15, 0.2) is 25.2 Å². The number of hydrogen-bond donors (Lipinski definition) is 8. The molecule has 4 saturated heterocycles. The number of fused-ring (bicyclic) bond motifs is 5. The summed E-state index contributed by atoms with van der Waals surface area (Å²) in [6.07, 6.45) is -11.1. The molecule has 0 unspecified atom stereocenters. The summed E-state index contributed by atoms with van der Waals surface area (Å²) in [4.78, 5) is 24.2. The number of cyclic esters (lactones) is 1. The first-order valence-corrected chi connectivity index (χ1v) is 25.3. The van der Waals surface area contributed by atoms with E-state index < -0.39 is 134 Å². The number of carbonyl (C=O) groups is 2. The fourth-order valence-corrected chi connectivity index (χ4v) is 14.6. The normalized spacial score (nSPS) is 53.3. The van der Waals surface area contributed by atoms with Crippen LogP contribution in [0.25, 0.3) is 0 Å². The lowest BCUT2D eigenvalue weighted by Crippen LogP contribution is -2.67. The fraction of sp³-hybridized carbons (Fsp3) is 0.918. The van der Waals surface area contributed by atoms with Gasteiger partial charge >= 0.3 is 11.9 Å². The number of carbonyl (C=O) groups excluding carboxylic acids is 2. The van der Waals surface area contributed by atoms with Crippen LogP contribution >= 0.6 is 0 Å². The Morgan fingerprint density at radius 3 is 1.93 bits per heavy atom. The van der Waals surface area contributed by atoms with Crippen LogP contribution in [0.5, 0.6) is 0 Å². The SMILES string of the molecule is CC(=O)O[C@@H]1C[C@H](O[C@H]2[C@@H](O)C[C@H](O[C@H]3[C@@H](O)C[C@@H](O[C@H]4CC[C@@]5(C)[C@H](CC[C@@H]6[C@@H]5C[C@@H](O)[C@]5(C)[C@@H](C7=CC(=O)OC7)CC[C@]65O)C4)O[C@@H]3C)O[C@@H]2C)O[C@H](C)[C@H]1O[C@@H]1O[C@H](CO)[C@@H](O)[C@H](O)[C@H]1O. The molecule has 0 aromatic carbocycles. The summed E-state index contributed by atoms with van der Waals surface area (Å²) in [5.41, 5.74) is -1.01. The Hall–Kier alpha value is -1.96. The van der Waals surface area contributed by atoms with Gasteiger partial charge in [0.1, 0.15) is 55.4 Å². The van der Waals surface area contributed by atoms with Crippen LogP contribution in [0.15, 0.2) is 11.6 Å². The second-order valence-electron chi connectivity index (χ2n) is 22.2. The van der Waals surface area contributed by atoms with Gasteiger partial charge in [-0.2, -0.15) is 0 Å². The van der Waals surface area contributed by atoms with Crippen molar-refractivity contribution in [3.8, 4) is 0 Å². The van der Waals surface area contributed by atoms with Gasteiger partial charge in [-0.15, -0.1) is 0 Å². The highest BCUT2D eigenvalue weighted by Gasteiger charge is 2.71. The molecule has 392 valence electrons. The number of rotatable bonds is 11. The first-order valence-electron chi connectivity index (χ1n) is 25.3. The van der Waals surface area contributed by atoms with Crippen LogP contribution in [-0.2, 0) is 57.0 Å². The van der Waals surface area contributed by atoms with Crippen molar-refractivity contribution in [2.75, 3.05) is 13.2 Å². The van der Waals surface area contributed by atoms with Gasteiger partial charge in [0.2, 0.25) is 0 Å². The third-order valence-electron chi connectivity index (χ3n) is 18.4. The highest BCUT2D eigenvalue weighted by Crippen LogP contribution is 2.70. The second kappa shape index (κ2) is 20.0. The van der Waals surface area contributed by atoms with Crippen molar-refractivity contribution in [1.82, 2.24) is 0 Å². The molecule has 69 heavy (non-hydrogen) atoms. The van der Waals surface area contributed by atoms with Gasteiger partial charge in [-0.25, -0.2) is 4.79 Å². The van der Waals surface area contributed by atoms with Crippen molar-refractivity contribution < 1.29 is 97.8 Å². The van der Waals surface area contributed by atoms with Crippen molar-refractivity contribution in [3.05, 3.63) is 11.6 Å². The van der Waals surface area contributed by atoms with Gasteiger partial charge in [-0.05, 0) is 107 Å². The summed E-state index contributed by atoms with van der Waals surface area (Å²) in [5, 5.41) is 88.1. The van der Waals surface area contributed by atoms with Crippen LogP contribution in [-0.4, -0.2) is 188 Å². The summed E-state index contributed by atoms with van der Waals surface area (Å²) in [5.74, 6) is -0.580. The molecule has 9 rings (SSSR count). The number of aliphatic hydroxyl groups excluding tert-OH is 7. The fourth-order valence-electron chi connectivity index (χ4n) is 14.6. The van der Waals surface area contributed by atoms with Crippen molar-refractivity contribution in [2.45, 2.75) is 234 Å². The predicted octanol–water partition coefficient (Wildman–Crippen LogP) is 0.613. The molecule has 5 heterocycles. The van der Waals surface area contributed by atoms with Crippen LogP contribution < -0.4 is 0 Å². The van der Waals surface area contributed by atoms with E-state index in [4.69, 9.17) is 47.4 Å². The lowest BCUT2D eigenvalue weighted by Gasteiger charge is -2.65. The molecule has 0 amide bonds. The third-order valence-corrected chi connectivity index (χ3v) is 18.4. The number of aliphatic hydroxyl groups is 8.